The monoisotopic (exact) mass is 329 g/mol. The Morgan fingerprint density at radius 1 is 1.12 bits per heavy atom. The number of furan rings is 1. The van der Waals surface area contributed by atoms with Gasteiger partial charge in [0.2, 0.25) is 0 Å². The number of ether oxygens (including phenoxy) is 2. The normalized spacial score (nSPS) is 14.2. The maximum atomic E-state index is 5.71. The van der Waals surface area contributed by atoms with E-state index in [1.807, 2.05) is 38.1 Å². The molecule has 0 unspecified atom stereocenters. The second-order valence-corrected chi connectivity index (χ2v) is 5.70. The summed E-state index contributed by atoms with van der Waals surface area (Å²) in [7, 11) is 1.74. The highest BCUT2D eigenvalue weighted by Gasteiger charge is 2.11. The highest BCUT2D eigenvalue weighted by Crippen LogP contribution is 2.32. The van der Waals surface area contributed by atoms with Crippen molar-refractivity contribution in [1.82, 2.24) is 5.32 Å². The van der Waals surface area contributed by atoms with Gasteiger partial charge < -0.3 is 24.5 Å². The SMILES string of the molecule is CN=C(NCc1cc(C)oc1C)Nc1ccc2c(c1)OCCCO2. The summed E-state index contributed by atoms with van der Waals surface area (Å²) < 4.78 is 16.9. The van der Waals surface area contributed by atoms with E-state index in [0.29, 0.717) is 25.7 Å². The van der Waals surface area contributed by atoms with Gasteiger partial charge in [0.1, 0.15) is 11.5 Å². The summed E-state index contributed by atoms with van der Waals surface area (Å²) >= 11 is 0. The van der Waals surface area contributed by atoms with Crippen LogP contribution in [0, 0.1) is 13.8 Å². The van der Waals surface area contributed by atoms with Crippen molar-refractivity contribution in [2.24, 2.45) is 4.99 Å². The van der Waals surface area contributed by atoms with Crippen molar-refractivity contribution in [2.45, 2.75) is 26.8 Å². The number of hydrogen-bond acceptors (Lipinski definition) is 4. The highest BCUT2D eigenvalue weighted by atomic mass is 16.5. The molecule has 0 atom stereocenters. The van der Waals surface area contributed by atoms with Gasteiger partial charge in [-0.15, -0.1) is 0 Å². The lowest BCUT2D eigenvalue weighted by atomic mass is 10.2. The maximum absolute atomic E-state index is 5.71. The minimum absolute atomic E-state index is 0.646. The molecule has 0 saturated carbocycles. The van der Waals surface area contributed by atoms with Crippen LogP contribution < -0.4 is 20.1 Å². The molecule has 0 fully saturated rings. The number of rotatable bonds is 3. The minimum Gasteiger partial charge on any atom is -0.490 e. The number of fused-ring (bicyclic) bond motifs is 1. The molecule has 0 saturated heterocycles. The molecule has 128 valence electrons. The molecular weight excluding hydrogens is 306 g/mol. The van der Waals surface area contributed by atoms with Crippen LogP contribution in [0.4, 0.5) is 5.69 Å². The molecule has 0 radical (unpaired) electrons. The van der Waals surface area contributed by atoms with E-state index in [0.717, 1.165) is 40.7 Å². The largest absolute Gasteiger partial charge is 0.490 e. The molecular formula is C18H23N3O3. The summed E-state index contributed by atoms with van der Waals surface area (Å²) in [5, 5.41) is 6.56. The van der Waals surface area contributed by atoms with Crippen molar-refractivity contribution >= 4 is 11.6 Å². The fraction of sp³-hybridized carbons (Fsp3) is 0.389. The predicted molar refractivity (Wildman–Crippen MR) is 94.1 cm³/mol. The number of benzene rings is 1. The minimum atomic E-state index is 0.646. The van der Waals surface area contributed by atoms with Crippen LogP contribution in [0.15, 0.2) is 33.7 Å². The van der Waals surface area contributed by atoms with Crippen molar-refractivity contribution in [3.05, 3.63) is 41.3 Å². The van der Waals surface area contributed by atoms with Crippen LogP contribution in [0.25, 0.3) is 0 Å². The first-order valence-corrected chi connectivity index (χ1v) is 8.09. The predicted octanol–water partition coefficient (Wildman–Crippen LogP) is 3.25. The lowest BCUT2D eigenvalue weighted by molar-refractivity contribution is 0.297. The average Bonchev–Trinajstić information content (AvgIpc) is 2.76. The zero-order valence-corrected chi connectivity index (χ0v) is 14.3. The molecule has 6 nitrogen and oxygen atoms in total. The molecule has 24 heavy (non-hydrogen) atoms. The van der Waals surface area contributed by atoms with E-state index in [2.05, 4.69) is 15.6 Å². The van der Waals surface area contributed by atoms with E-state index < -0.39 is 0 Å². The van der Waals surface area contributed by atoms with E-state index >= 15 is 0 Å². The fourth-order valence-electron chi connectivity index (χ4n) is 2.59. The molecule has 2 heterocycles. The van der Waals surface area contributed by atoms with Gasteiger partial charge in [0.05, 0.1) is 13.2 Å². The molecule has 0 bridgehead atoms. The van der Waals surface area contributed by atoms with E-state index in [4.69, 9.17) is 13.9 Å². The number of nitrogens with one attached hydrogen (secondary N) is 2. The lowest BCUT2D eigenvalue weighted by Crippen LogP contribution is -2.30. The first-order valence-electron chi connectivity index (χ1n) is 8.09. The summed E-state index contributed by atoms with van der Waals surface area (Å²) in [6.07, 6.45) is 0.893. The van der Waals surface area contributed by atoms with Gasteiger partial charge in [-0.05, 0) is 32.0 Å². The fourth-order valence-corrected chi connectivity index (χ4v) is 2.59. The third-order valence-electron chi connectivity index (χ3n) is 3.82. The Bertz CT molecular complexity index is 737. The first-order chi connectivity index (χ1) is 11.7. The lowest BCUT2D eigenvalue weighted by Gasteiger charge is -2.13. The van der Waals surface area contributed by atoms with Gasteiger partial charge in [0.25, 0.3) is 0 Å². The number of hydrogen-bond donors (Lipinski definition) is 2. The Kier molecular flexibility index (Phi) is 4.93. The number of guanidine groups is 1. The van der Waals surface area contributed by atoms with Gasteiger partial charge >= 0.3 is 0 Å². The van der Waals surface area contributed by atoms with Gasteiger partial charge in [-0.1, -0.05) is 0 Å². The Hall–Kier alpha value is -2.63. The van der Waals surface area contributed by atoms with Crippen LogP contribution in [-0.2, 0) is 6.54 Å². The third-order valence-corrected chi connectivity index (χ3v) is 3.82. The quantitative estimate of drug-likeness (QED) is 0.668. The van der Waals surface area contributed by atoms with Crippen molar-refractivity contribution in [3.63, 3.8) is 0 Å². The number of anilines is 1. The molecule has 1 aliphatic heterocycles. The smallest absolute Gasteiger partial charge is 0.195 e. The molecule has 1 aromatic carbocycles. The molecule has 1 aromatic heterocycles. The first kappa shape index (κ1) is 16.2. The van der Waals surface area contributed by atoms with Crippen molar-refractivity contribution in [3.8, 4) is 11.5 Å². The molecule has 0 aliphatic carbocycles. The van der Waals surface area contributed by atoms with Crippen LogP contribution in [0.2, 0.25) is 0 Å². The molecule has 1 aliphatic rings. The number of aryl methyl sites for hydroxylation is 2. The summed E-state index contributed by atoms with van der Waals surface area (Å²) in [6, 6.07) is 7.83. The van der Waals surface area contributed by atoms with Gasteiger partial charge in [-0.25, -0.2) is 0 Å². The zero-order chi connectivity index (χ0) is 16.9. The van der Waals surface area contributed by atoms with Gasteiger partial charge in [0, 0.05) is 37.3 Å². The van der Waals surface area contributed by atoms with Crippen molar-refractivity contribution in [1.29, 1.82) is 0 Å². The van der Waals surface area contributed by atoms with Crippen molar-refractivity contribution < 1.29 is 13.9 Å². The maximum Gasteiger partial charge on any atom is 0.195 e. The molecule has 6 heteroatoms. The summed E-state index contributed by atoms with van der Waals surface area (Å²) in [6.45, 7) is 5.91. The van der Waals surface area contributed by atoms with Crippen LogP contribution >= 0.6 is 0 Å². The summed E-state index contributed by atoms with van der Waals surface area (Å²) in [5.74, 6) is 4.06. The van der Waals surface area contributed by atoms with Crippen LogP contribution in [0.5, 0.6) is 11.5 Å². The molecule has 2 N–H and O–H groups in total. The molecule has 0 amide bonds. The van der Waals surface area contributed by atoms with Crippen LogP contribution in [0.3, 0.4) is 0 Å². The highest BCUT2D eigenvalue weighted by molar-refractivity contribution is 5.93. The number of aliphatic imine (C=N–C) groups is 1. The van der Waals surface area contributed by atoms with E-state index in [1.54, 1.807) is 7.05 Å². The second kappa shape index (κ2) is 7.29. The van der Waals surface area contributed by atoms with Crippen LogP contribution in [0.1, 0.15) is 23.5 Å². The van der Waals surface area contributed by atoms with E-state index in [9.17, 15) is 0 Å². The van der Waals surface area contributed by atoms with Gasteiger partial charge in [-0.2, -0.15) is 0 Å². The Balaban J connectivity index is 1.65. The Labute approximate surface area is 141 Å². The number of nitrogens with zero attached hydrogens (tertiary/aromatic N) is 1. The summed E-state index contributed by atoms with van der Waals surface area (Å²) in [4.78, 5) is 4.26. The van der Waals surface area contributed by atoms with Gasteiger partial charge in [-0.3, -0.25) is 4.99 Å². The van der Waals surface area contributed by atoms with Crippen molar-refractivity contribution in [2.75, 3.05) is 25.6 Å². The van der Waals surface area contributed by atoms with E-state index in [-0.39, 0.29) is 0 Å². The third kappa shape index (κ3) is 3.82. The average molecular weight is 329 g/mol. The second-order valence-electron chi connectivity index (χ2n) is 5.70. The Morgan fingerprint density at radius 3 is 2.62 bits per heavy atom. The van der Waals surface area contributed by atoms with Gasteiger partial charge in [0.15, 0.2) is 17.5 Å². The standard InChI is InChI=1S/C18H23N3O3/c1-12-9-14(13(2)24-12)11-20-18(19-3)21-15-5-6-16-17(10-15)23-8-4-7-22-16/h5-6,9-10H,4,7-8,11H2,1-3H3,(H2,19,20,21). The summed E-state index contributed by atoms with van der Waals surface area (Å²) in [5.41, 5.74) is 2.02. The topological polar surface area (TPSA) is 68.0 Å². The molecule has 3 rings (SSSR count). The van der Waals surface area contributed by atoms with E-state index in [1.165, 1.54) is 0 Å². The molecule has 2 aromatic rings. The molecule has 0 spiro atoms. The van der Waals surface area contributed by atoms with Crippen LogP contribution in [-0.4, -0.2) is 26.2 Å². The zero-order valence-electron chi connectivity index (χ0n) is 14.3. The Morgan fingerprint density at radius 2 is 1.92 bits per heavy atom.